The predicted molar refractivity (Wildman–Crippen MR) is 82.0 cm³/mol. The van der Waals surface area contributed by atoms with E-state index in [0.29, 0.717) is 11.2 Å². The van der Waals surface area contributed by atoms with Crippen molar-refractivity contribution in [3.8, 4) is 0 Å². The summed E-state index contributed by atoms with van der Waals surface area (Å²) in [6.07, 6.45) is 2.68. The number of nitrogens with zero attached hydrogens (tertiary/aromatic N) is 5. The summed E-state index contributed by atoms with van der Waals surface area (Å²) >= 11 is 0. The molecule has 118 valence electrons. The Hall–Kier alpha value is -1.99. The lowest BCUT2D eigenvalue weighted by molar-refractivity contribution is 0.0600. The van der Waals surface area contributed by atoms with Crippen molar-refractivity contribution in [1.82, 2.24) is 24.4 Å². The Morgan fingerprint density at radius 3 is 2.77 bits per heavy atom. The lowest BCUT2D eigenvalue weighted by Gasteiger charge is -2.32. The normalized spacial score (nSPS) is 17.0. The van der Waals surface area contributed by atoms with Crippen molar-refractivity contribution in [3.63, 3.8) is 0 Å². The third kappa shape index (κ3) is 3.10. The number of ether oxygens (including phenoxy) is 1. The Morgan fingerprint density at radius 1 is 1.27 bits per heavy atom. The van der Waals surface area contributed by atoms with Crippen molar-refractivity contribution in [3.05, 3.63) is 29.7 Å². The molecule has 0 bridgehead atoms. The van der Waals surface area contributed by atoms with Gasteiger partial charge < -0.3 is 14.5 Å². The van der Waals surface area contributed by atoms with Crippen LogP contribution < -0.4 is 0 Å². The highest BCUT2D eigenvalue weighted by Crippen LogP contribution is 2.10. The van der Waals surface area contributed by atoms with Crippen molar-refractivity contribution >= 4 is 11.6 Å². The molecule has 0 atom stereocenters. The quantitative estimate of drug-likeness (QED) is 0.757. The lowest BCUT2D eigenvalue weighted by Crippen LogP contribution is -2.45. The van der Waals surface area contributed by atoms with Crippen LogP contribution in [0.5, 0.6) is 0 Å². The number of hydrogen-bond acceptors (Lipinski definition) is 6. The van der Waals surface area contributed by atoms with Gasteiger partial charge in [0.05, 0.1) is 12.7 Å². The Kier molecular flexibility index (Phi) is 4.35. The van der Waals surface area contributed by atoms with Crippen molar-refractivity contribution in [1.29, 1.82) is 0 Å². The van der Waals surface area contributed by atoms with Gasteiger partial charge in [0.25, 0.3) is 0 Å². The summed E-state index contributed by atoms with van der Waals surface area (Å²) < 4.78 is 6.65. The van der Waals surface area contributed by atoms with Crippen LogP contribution in [0.2, 0.25) is 0 Å². The van der Waals surface area contributed by atoms with Gasteiger partial charge in [-0.15, -0.1) is 10.2 Å². The number of pyridine rings is 1. The number of likely N-dealkylation sites (N-methyl/N-ethyl adjacent to an activating group) is 1. The maximum atomic E-state index is 11.5. The van der Waals surface area contributed by atoms with Gasteiger partial charge in [0, 0.05) is 45.3 Å². The number of aromatic nitrogens is 3. The minimum atomic E-state index is -0.357. The molecule has 0 aromatic carbocycles. The molecule has 0 amide bonds. The molecule has 0 N–H and O–H groups in total. The molecule has 3 heterocycles. The average molecular weight is 303 g/mol. The zero-order valence-electron chi connectivity index (χ0n) is 13.0. The maximum Gasteiger partial charge on any atom is 0.338 e. The molecule has 2 aromatic rings. The van der Waals surface area contributed by atoms with Crippen LogP contribution in [0.15, 0.2) is 18.3 Å². The van der Waals surface area contributed by atoms with E-state index in [9.17, 15) is 4.79 Å². The summed E-state index contributed by atoms with van der Waals surface area (Å²) in [4.78, 5) is 16.3. The third-order valence-corrected chi connectivity index (χ3v) is 4.15. The Labute approximate surface area is 129 Å². The van der Waals surface area contributed by atoms with E-state index in [0.717, 1.165) is 45.0 Å². The molecule has 1 aliphatic heterocycles. The maximum absolute atomic E-state index is 11.5. The summed E-state index contributed by atoms with van der Waals surface area (Å²) in [6.45, 7) is 5.40. The first-order valence-corrected chi connectivity index (χ1v) is 7.50. The van der Waals surface area contributed by atoms with Gasteiger partial charge in [-0.3, -0.25) is 4.40 Å². The minimum absolute atomic E-state index is 0.357. The monoisotopic (exact) mass is 303 g/mol. The van der Waals surface area contributed by atoms with E-state index in [1.807, 2.05) is 10.6 Å². The topological polar surface area (TPSA) is 63.0 Å². The van der Waals surface area contributed by atoms with Crippen LogP contribution in [0.3, 0.4) is 0 Å². The number of hydrogen-bond donors (Lipinski definition) is 0. The summed E-state index contributed by atoms with van der Waals surface area (Å²) in [5.74, 6) is 0.565. The minimum Gasteiger partial charge on any atom is -0.465 e. The largest absolute Gasteiger partial charge is 0.465 e. The highest BCUT2D eigenvalue weighted by molar-refractivity contribution is 5.90. The van der Waals surface area contributed by atoms with E-state index >= 15 is 0 Å². The van der Waals surface area contributed by atoms with Crippen molar-refractivity contribution in [2.75, 3.05) is 46.9 Å². The van der Waals surface area contributed by atoms with E-state index in [2.05, 4.69) is 27.0 Å². The molecule has 3 rings (SSSR count). The Morgan fingerprint density at radius 2 is 2.05 bits per heavy atom. The van der Waals surface area contributed by atoms with Gasteiger partial charge in [0.1, 0.15) is 5.82 Å². The van der Waals surface area contributed by atoms with Gasteiger partial charge >= 0.3 is 5.97 Å². The van der Waals surface area contributed by atoms with Crippen LogP contribution in [-0.4, -0.2) is 77.2 Å². The first kappa shape index (κ1) is 14.9. The van der Waals surface area contributed by atoms with Gasteiger partial charge in [0.15, 0.2) is 5.65 Å². The highest BCUT2D eigenvalue weighted by Gasteiger charge is 2.15. The standard InChI is InChI=1S/C15H21N5O2/c1-18-7-9-19(10-8-18)5-4-13-16-17-14-11-12(15(21)22-2)3-6-20(13)14/h3,6,11H,4-5,7-10H2,1-2H3. The fourth-order valence-electron chi connectivity index (χ4n) is 2.69. The lowest BCUT2D eigenvalue weighted by atomic mass is 10.2. The number of piperazine rings is 1. The number of carbonyl (C=O) groups is 1. The van der Waals surface area contributed by atoms with Gasteiger partial charge in [-0.1, -0.05) is 0 Å². The fourth-order valence-corrected chi connectivity index (χ4v) is 2.69. The first-order chi connectivity index (χ1) is 10.7. The van der Waals surface area contributed by atoms with Gasteiger partial charge in [-0.05, 0) is 19.2 Å². The zero-order valence-corrected chi connectivity index (χ0v) is 13.0. The summed E-state index contributed by atoms with van der Waals surface area (Å²) in [5, 5.41) is 8.39. The SMILES string of the molecule is COC(=O)c1ccn2c(CCN3CCN(C)CC3)nnc2c1. The molecule has 7 nitrogen and oxygen atoms in total. The van der Waals surface area contributed by atoms with Gasteiger partial charge in [-0.2, -0.15) is 0 Å². The molecule has 0 saturated carbocycles. The van der Waals surface area contributed by atoms with Crippen LogP contribution in [-0.2, 0) is 11.2 Å². The number of carbonyl (C=O) groups excluding carboxylic acids is 1. The molecule has 1 fully saturated rings. The van der Waals surface area contributed by atoms with Crippen molar-refractivity contribution in [2.45, 2.75) is 6.42 Å². The van der Waals surface area contributed by atoms with Crippen molar-refractivity contribution < 1.29 is 9.53 Å². The molecule has 0 spiro atoms. The van der Waals surface area contributed by atoms with E-state index in [-0.39, 0.29) is 5.97 Å². The molecular weight excluding hydrogens is 282 g/mol. The van der Waals surface area contributed by atoms with Crippen LogP contribution >= 0.6 is 0 Å². The predicted octanol–water partition coefficient (Wildman–Crippen LogP) is 0.306. The average Bonchev–Trinajstić information content (AvgIpc) is 2.96. The molecule has 1 aliphatic rings. The second-order valence-electron chi connectivity index (χ2n) is 5.65. The zero-order chi connectivity index (χ0) is 15.5. The molecule has 7 heteroatoms. The molecule has 0 unspecified atom stereocenters. The van der Waals surface area contributed by atoms with E-state index in [1.165, 1.54) is 7.11 Å². The first-order valence-electron chi connectivity index (χ1n) is 7.50. The third-order valence-electron chi connectivity index (χ3n) is 4.15. The van der Waals surface area contributed by atoms with Crippen LogP contribution in [0.25, 0.3) is 5.65 Å². The number of rotatable bonds is 4. The van der Waals surface area contributed by atoms with Crippen LogP contribution in [0, 0.1) is 0 Å². The second-order valence-corrected chi connectivity index (χ2v) is 5.65. The molecule has 0 radical (unpaired) electrons. The molecular formula is C15H21N5O2. The van der Waals surface area contributed by atoms with Crippen LogP contribution in [0.1, 0.15) is 16.2 Å². The van der Waals surface area contributed by atoms with E-state index < -0.39 is 0 Å². The molecule has 1 saturated heterocycles. The van der Waals surface area contributed by atoms with Crippen molar-refractivity contribution in [2.24, 2.45) is 0 Å². The number of methoxy groups -OCH3 is 1. The molecule has 2 aromatic heterocycles. The number of fused-ring (bicyclic) bond motifs is 1. The Balaban J connectivity index is 1.68. The summed E-state index contributed by atoms with van der Waals surface area (Å²) in [5.41, 5.74) is 1.17. The molecule has 0 aliphatic carbocycles. The highest BCUT2D eigenvalue weighted by atomic mass is 16.5. The van der Waals surface area contributed by atoms with E-state index in [4.69, 9.17) is 4.74 Å². The smallest absolute Gasteiger partial charge is 0.338 e. The van der Waals surface area contributed by atoms with E-state index in [1.54, 1.807) is 12.1 Å². The second kappa shape index (κ2) is 6.41. The fraction of sp³-hybridized carbons (Fsp3) is 0.533. The number of esters is 1. The van der Waals surface area contributed by atoms with Gasteiger partial charge in [-0.25, -0.2) is 4.79 Å². The molecule has 22 heavy (non-hydrogen) atoms. The Bertz CT molecular complexity index is 661. The summed E-state index contributed by atoms with van der Waals surface area (Å²) in [7, 11) is 3.53. The van der Waals surface area contributed by atoms with Gasteiger partial charge in [0.2, 0.25) is 0 Å². The summed E-state index contributed by atoms with van der Waals surface area (Å²) in [6, 6.07) is 3.44. The van der Waals surface area contributed by atoms with Crippen LogP contribution in [0.4, 0.5) is 0 Å².